The highest BCUT2D eigenvalue weighted by atomic mass is 16.2. The van der Waals surface area contributed by atoms with E-state index in [1.54, 1.807) is 48.5 Å². The first-order valence-electron chi connectivity index (χ1n) is 6.45. The predicted molar refractivity (Wildman–Crippen MR) is 79.2 cm³/mol. The van der Waals surface area contributed by atoms with Gasteiger partial charge in [-0.2, -0.15) is 10.2 Å². The van der Waals surface area contributed by atoms with E-state index in [0.29, 0.717) is 32.2 Å². The molecule has 1 N–H and O–H groups in total. The minimum absolute atomic E-state index is 0.370. The maximum atomic E-state index is 12.1. The normalized spacial score (nSPS) is 11.2. The lowest BCUT2D eigenvalue weighted by Crippen LogP contribution is -2.07. The first-order chi connectivity index (χ1) is 10.2. The second-order valence-corrected chi connectivity index (χ2v) is 4.83. The summed E-state index contributed by atoms with van der Waals surface area (Å²) in [4.78, 5) is 26.6. The lowest BCUT2D eigenvalue weighted by atomic mass is 10.1. The van der Waals surface area contributed by atoms with Crippen LogP contribution in [0.4, 0.5) is 0 Å². The van der Waals surface area contributed by atoms with Crippen LogP contribution in [0.25, 0.3) is 21.8 Å². The van der Waals surface area contributed by atoms with Crippen molar-refractivity contribution in [1.29, 1.82) is 0 Å². The van der Waals surface area contributed by atoms with Crippen molar-refractivity contribution in [3.63, 3.8) is 0 Å². The third-order valence-corrected chi connectivity index (χ3v) is 3.52. The van der Waals surface area contributed by atoms with Gasteiger partial charge in [0, 0.05) is 0 Å². The number of nitrogens with zero attached hydrogens (tertiary/aromatic N) is 2. The Morgan fingerprint density at radius 1 is 0.619 bits per heavy atom. The first-order valence-corrected chi connectivity index (χ1v) is 6.45. The summed E-state index contributed by atoms with van der Waals surface area (Å²) in [5.74, 6) is 0. The highest BCUT2D eigenvalue weighted by Gasteiger charge is 2.04. The Morgan fingerprint density at radius 2 is 1.00 bits per heavy atom. The predicted octanol–water partition coefficient (Wildman–Crippen LogP) is 1.56. The maximum Gasteiger partial charge on any atom is 0.259 e. The minimum atomic E-state index is -0.370. The van der Waals surface area contributed by atoms with Gasteiger partial charge in [0.05, 0.1) is 21.5 Å². The molecule has 5 aliphatic heterocycles. The van der Waals surface area contributed by atoms with E-state index in [0.717, 1.165) is 0 Å². The van der Waals surface area contributed by atoms with Crippen LogP contribution in [0.2, 0.25) is 0 Å². The highest BCUT2D eigenvalue weighted by Crippen LogP contribution is 2.09. The summed E-state index contributed by atoms with van der Waals surface area (Å²) in [6.45, 7) is 0. The summed E-state index contributed by atoms with van der Waals surface area (Å²) in [6, 6.07) is 14.2. The van der Waals surface area contributed by atoms with Crippen molar-refractivity contribution in [2.45, 2.75) is 0 Å². The maximum absolute atomic E-state index is 12.1. The molecule has 5 aliphatic rings. The molecule has 4 bridgehead atoms. The zero-order valence-electron chi connectivity index (χ0n) is 10.8. The van der Waals surface area contributed by atoms with E-state index in [2.05, 4.69) is 15.2 Å². The van der Waals surface area contributed by atoms with Crippen molar-refractivity contribution < 1.29 is 0 Å². The van der Waals surface area contributed by atoms with E-state index in [1.165, 1.54) is 0 Å². The van der Waals surface area contributed by atoms with Crippen LogP contribution in [0.1, 0.15) is 0 Å². The van der Waals surface area contributed by atoms with Gasteiger partial charge in [-0.15, -0.1) is 0 Å². The van der Waals surface area contributed by atoms with Crippen LogP contribution >= 0.6 is 0 Å². The monoisotopic (exact) mass is 275 g/mol. The van der Waals surface area contributed by atoms with Crippen molar-refractivity contribution in [3.8, 4) is 0 Å². The average molecular weight is 275 g/mol. The number of aromatic nitrogens is 3. The minimum Gasteiger partial charge on any atom is -0.288 e. The van der Waals surface area contributed by atoms with E-state index in [-0.39, 0.29) is 11.1 Å². The average Bonchev–Trinajstić information content (AvgIpc) is 2.78. The number of nitrogens with one attached hydrogen (secondary N) is 1. The fourth-order valence-corrected chi connectivity index (χ4v) is 2.51. The number of rotatable bonds is 0. The van der Waals surface area contributed by atoms with Gasteiger partial charge >= 0.3 is 0 Å². The van der Waals surface area contributed by atoms with Crippen molar-refractivity contribution in [2.75, 3.05) is 0 Å². The fourth-order valence-electron chi connectivity index (χ4n) is 2.51. The molecule has 2 aromatic rings. The fraction of sp³-hybridized carbons (Fsp3) is 0. The standard InChI is InChI=1S/C16H9N3O2/c20-15-13-9-1-5-11(6-2-9)18-19-12-7-3-10(4-8-12)14(13)16(21)17-15/h1-8H,(H,17,20,21). The summed E-state index contributed by atoms with van der Waals surface area (Å²) >= 11 is 0. The molecule has 0 amide bonds. The third-order valence-electron chi connectivity index (χ3n) is 3.52. The zero-order valence-corrected chi connectivity index (χ0v) is 10.8. The van der Waals surface area contributed by atoms with Crippen LogP contribution in [-0.2, 0) is 0 Å². The molecule has 0 aliphatic carbocycles. The molecule has 0 fully saturated rings. The third kappa shape index (κ3) is 1.79. The van der Waals surface area contributed by atoms with Crippen LogP contribution < -0.4 is 11.1 Å². The van der Waals surface area contributed by atoms with Gasteiger partial charge in [-0.1, -0.05) is 24.3 Å². The molecule has 0 radical (unpaired) electrons. The molecular formula is C16H9N3O2. The Morgan fingerprint density at radius 3 is 1.38 bits per heavy atom. The summed E-state index contributed by atoms with van der Waals surface area (Å²) in [5, 5.41) is 10.4. The van der Waals surface area contributed by atoms with Crippen LogP contribution in [0, 0.1) is 10.4 Å². The van der Waals surface area contributed by atoms with Gasteiger partial charge in [-0.3, -0.25) is 14.6 Å². The quantitative estimate of drug-likeness (QED) is 0.528. The van der Waals surface area contributed by atoms with Gasteiger partial charge in [0.15, 0.2) is 0 Å². The SMILES string of the molecule is O=c1[nH]c(=O)c2c3ccc(cc3)nnc3ccc(cc3)c1=2. The molecule has 0 unspecified atom stereocenters. The molecule has 21 heavy (non-hydrogen) atoms. The summed E-state index contributed by atoms with van der Waals surface area (Å²) in [7, 11) is 0. The molecule has 100 valence electrons. The molecule has 0 saturated heterocycles. The van der Waals surface area contributed by atoms with Gasteiger partial charge < -0.3 is 0 Å². The van der Waals surface area contributed by atoms with E-state index < -0.39 is 0 Å². The first kappa shape index (κ1) is 11.7. The second kappa shape index (κ2) is 4.21. The van der Waals surface area contributed by atoms with Crippen molar-refractivity contribution in [2.24, 2.45) is 0 Å². The van der Waals surface area contributed by atoms with Gasteiger partial charge in [0.25, 0.3) is 11.1 Å². The van der Waals surface area contributed by atoms with Gasteiger partial charge in [-0.05, 0) is 35.0 Å². The summed E-state index contributed by atoms with van der Waals surface area (Å²) in [5.41, 5.74) is 0.640. The molecule has 0 aromatic heterocycles. The van der Waals surface area contributed by atoms with Crippen LogP contribution in [-0.4, -0.2) is 15.2 Å². The van der Waals surface area contributed by atoms with Crippen LogP contribution in [0.3, 0.4) is 0 Å². The topological polar surface area (TPSA) is 75.7 Å². The number of hydrogen-bond donors (Lipinski definition) is 1. The molecule has 2 aromatic carbocycles. The van der Waals surface area contributed by atoms with E-state index in [4.69, 9.17) is 0 Å². The molecule has 0 saturated carbocycles. The van der Waals surface area contributed by atoms with E-state index >= 15 is 0 Å². The molecule has 5 nitrogen and oxygen atoms in total. The largest absolute Gasteiger partial charge is 0.288 e. The number of hydrogen-bond acceptors (Lipinski definition) is 4. The lowest BCUT2D eigenvalue weighted by molar-refractivity contribution is 1.12. The number of aromatic amines is 1. The highest BCUT2D eigenvalue weighted by molar-refractivity contribution is 5.66. The van der Waals surface area contributed by atoms with Gasteiger partial charge in [0.2, 0.25) is 0 Å². The second-order valence-electron chi connectivity index (χ2n) is 4.83. The van der Waals surface area contributed by atoms with Gasteiger partial charge in [0.1, 0.15) is 0 Å². The smallest absolute Gasteiger partial charge is 0.259 e. The Kier molecular flexibility index (Phi) is 2.35. The summed E-state index contributed by atoms with van der Waals surface area (Å²) < 4.78 is 0. The Hall–Kier alpha value is -3.08. The van der Waals surface area contributed by atoms with Crippen molar-refractivity contribution in [1.82, 2.24) is 15.2 Å². The Labute approximate surface area is 117 Å². The summed E-state index contributed by atoms with van der Waals surface area (Å²) in [6.07, 6.45) is 0. The molecular weight excluding hydrogens is 266 g/mol. The molecule has 0 spiro atoms. The lowest BCUT2D eigenvalue weighted by Gasteiger charge is -1.92. The van der Waals surface area contributed by atoms with Crippen molar-refractivity contribution in [3.05, 3.63) is 79.7 Å². The zero-order chi connectivity index (χ0) is 14.4. The Bertz CT molecular complexity index is 1050. The number of H-pyrrole nitrogens is 1. The van der Waals surface area contributed by atoms with E-state index in [9.17, 15) is 9.59 Å². The molecule has 5 heteroatoms. The van der Waals surface area contributed by atoms with E-state index in [1.807, 2.05) is 0 Å². The van der Waals surface area contributed by atoms with Crippen LogP contribution in [0.15, 0.2) is 58.1 Å². The van der Waals surface area contributed by atoms with Gasteiger partial charge in [-0.25, -0.2) is 0 Å². The molecule has 5 heterocycles. The molecule has 0 atom stereocenters. The van der Waals surface area contributed by atoms with Crippen molar-refractivity contribution >= 4 is 21.8 Å². The molecule has 7 rings (SSSR count). The Balaban J connectivity index is 2.50. The number of benzene rings is 2. The van der Waals surface area contributed by atoms with Crippen LogP contribution in [0.5, 0.6) is 0 Å².